The Labute approximate surface area is 127 Å². The second kappa shape index (κ2) is 12.1. The fourth-order valence-corrected chi connectivity index (χ4v) is 1.76. The van der Waals surface area contributed by atoms with Crippen LogP contribution in [0.2, 0.25) is 0 Å². The second-order valence-corrected chi connectivity index (χ2v) is 4.89. The first-order valence-electron chi connectivity index (χ1n) is 6.75. The van der Waals surface area contributed by atoms with Crippen molar-refractivity contribution in [3.63, 3.8) is 0 Å². The molecule has 0 rings (SSSR count). The van der Waals surface area contributed by atoms with Gasteiger partial charge in [-0.15, -0.1) is 0 Å². The third kappa shape index (κ3) is 11.9. The van der Waals surface area contributed by atoms with Crippen LogP contribution < -0.4 is 10.6 Å². The lowest BCUT2D eigenvalue weighted by atomic mass is 10.1. The molecule has 0 fully saturated rings. The highest BCUT2D eigenvalue weighted by atomic mass is 16.4. The van der Waals surface area contributed by atoms with E-state index in [1.165, 1.54) is 6.92 Å². The first-order valence-corrected chi connectivity index (χ1v) is 6.75. The number of nitrogens with one attached hydrogen (secondary N) is 2. The van der Waals surface area contributed by atoms with E-state index in [2.05, 4.69) is 10.6 Å². The standard InChI is InChI=1S/C13H25N3O4.CH4/c1-10(17)14-8-5-4-6-11(16(2)3)13(20)15-9-7-12(18)19;/h11H,4-9H2,1-3H3,(H,14,17)(H,15,20)(H,18,19);1H4/i1+1,9+1,14+1;1+1. The number of hydrogen-bond acceptors (Lipinski definition) is 4. The molecule has 1 atom stereocenters. The number of carbonyl (C=O) groups is 3. The minimum atomic E-state index is -0.929. The van der Waals surface area contributed by atoms with E-state index in [1.807, 2.05) is 19.0 Å². The van der Waals surface area contributed by atoms with E-state index < -0.39 is 5.97 Å². The van der Waals surface area contributed by atoms with E-state index in [0.29, 0.717) is 13.0 Å². The van der Waals surface area contributed by atoms with Gasteiger partial charge in [-0.25, -0.2) is 0 Å². The number of unbranched alkanes of at least 4 members (excludes halogenated alkanes) is 1. The number of carbonyl (C=O) groups excluding carboxylic acids is 2. The van der Waals surface area contributed by atoms with Gasteiger partial charge in [0.05, 0.1) is 12.5 Å². The summed E-state index contributed by atoms with van der Waals surface area (Å²) in [7, 11) is 3.63. The number of nitrogens with zero attached hydrogens (tertiary/aromatic N) is 1. The molecule has 2 amide bonds. The van der Waals surface area contributed by atoms with Crippen LogP contribution in [0.3, 0.4) is 0 Å². The summed E-state index contributed by atoms with van der Waals surface area (Å²) in [5.74, 6) is -1.14. The summed E-state index contributed by atoms with van der Waals surface area (Å²) in [4.78, 5) is 34.8. The second-order valence-electron chi connectivity index (χ2n) is 4.89. The van der Waals surface area contributed by atoms with Crippen LogP contribution in [0.15, 0.2) is 0 Å². The molecule has 0 aliphatic carbocycles. The highest BCUT2D eigenvalue weighted by molar-refractivity contribution is 5.82. The van der Waals surface area contributed by atoms with Gasteiger partial charge in [-0.3, -0.25) is 19.3 Å². The van der Waals surface area contributed by atoms with Gasteiger partial charge in [0.2, 0.25) is 11.8 Å². The van der Waals surface area contributed by atoms with E-state index in [-0.39, 0.29) is 38.2 Å². The van der Waals surface area contributed by atoms with Gasteiger partial charge in [-0.1, -0.05) is 7.43 Å². The number of likely N-dealkylation sites (N-methyl/N-ethyl adjacent to an activating group) is 1. The fourth-order valence-electron chi connectivity index (χ4n) is 1.76. The Morgan fingerprint density at radius 1 is 1.10 bits per heavy atom. The zero-order chi connectivity index (χ0) is 15.5. The lowest BCUT2D eigenvalue weighted by molar-refractivity contribution is -0.137. The Balaban J connectivity index is 0. The molecule has 0 saturated heterocycles. The Bertz CT molecular complexity index is 332. The van der Waals surface area contributed by atoms with E-state index in [4.69, 9.17) is 5.11 Å². The lowest BCUT2D eigenvalue weighted by Gasteiger charge is -2.23. The lowest BCUT2D eigenvalue weighted by Crippen LogP contribution is -2.44. The first kappa shape index (κ1) is 21.7. The van der Waals surface area contributed by atoms with Crippen LogP contribution in [0.25, 0.3) is 0 Å². The quantitative estimate of drug-likeness (QED) is 0.309. The van der Waals surface area contributed by atoms with Gasteiger partial charge < -0.3 is 15.7 Å². The third-order valence-corrected chi connectivity index (χ3v) is 2.84. The van der Waals surface area contributed by atoms with Crippen molar-refractivity contribution in [1.29, 1.82) is 0 Å². The molecule has 0 aromatic carbocycles. The van der Waals surface area contributed by atoms with Crippen LogP contribution in [0, 0.1) is 0 Å². The predicted octanol–water partition coefficient (Wildman–Crippen LogP) is 0.450. The van der Waals surface area contributed by atoms with Crippen molar-refractivity contribution in [2.45, 2.75) is 46.1 Å². The zero-order valence-electron chi connectivity index (χ0n) is 12.4. The van der Waals surface area contributed by atoms with Gasteiger partial charge in [0, 0.05) is 20.0 Å². The average molecular weight is 307 g/mol. The first-order chi connectivity index (χ1) is 9.34. The number of hydrogen-bond donors (Lipinski definition) is 3. The van der Waals surface area contributed by atoms with Crippen LogP contribution >= 0.6 is 0 Å². The SMILES string of the molecule is CN(C)C(CCCC[15NH]C([13CH3])=O)C(=O)N[13CH2]CC(=O)O.[13CH4]. The number of aliphatic carboxylic acids is 1. The molecule has 7 nitrogen and oxygen atoms in total. The normalized spacial score (nSPS) is 11.4. The van der Waals surface area contributed by atoms with Crippen LogP contribution in [0.5, 0.6) is 0 Å². The van der Waals surface area contributed by atoms with Gasteiger partial charge in [-0.2, -0.15) is 0 Å². The van der Waals surface area contributed by atoms with Crippen molar-refractivity contribution in [3.8, 4) is 0 Å². The van der Waals surface area contributed by atoms with Crippen molar-refractivity contribution >= 4 is 17.8 Å². The summed E-state index contributed by atoms with van der Waals surface area (Å²) >= 11 is 0. The molecule has 1 unspecified atom stereocenters. The molecule has 21 heavy (non-hydrogen) atoms. The molecule has 0 bridgehead atoms. The van der Waals surface area contributed by atoms with Crippen LogP contribution in [-0.4, -0.2) is 61.0 Å². The summed E-state index contributed by atoms with van der Waals surface area (Å²) in [6, 6.07) is -0.277. The summed E-state index contributed by atoms with van der Waals surface area (Å²) < 4.78 is 0. The summed E-state index contributed by atoms with van der Waals surface area (Å²) in [5.41, 5.74) is 0. The molecule has 0 aromatic rings. The van der Waals surface area contributed by atoms with Crippen molar-refractivity contribution in [2.24, 2.45) is 0 Å². The summed E-state index contributed by atoms with van der Waals surface area (Å²) in [5, 5.41) is 13.9. The molecule has 0 heterocycles. The number of carboxylic acids is 1. The van der Waals surface area contributed by atoms with E-state index in [1.54, 1.807) is 0 Å². The maximum atomic E-state index is 11.9. The van der Waals surface area contributed by atoms with Crippen LogP contribution in [0.1, 0.15) is 40.0 Å². The van der Waals surface area contributed by atoms with Crippen molar-refractivity contribution < 1.29 is 19.5 Å². The Morgan fingerprint density at radius 2 is 1.71 bits per heavy atom. The molecule has 0 aliphatic rings. The van der Waals surface area contributed by atoms with Gasteiger partial charge in [0.1, 0.15) is 0 Å². The molecule has 0 aliphatic heterocycles. The maximum Gasteiger partial charge on any atom is 0.305 e. The molecular weight excluding hydrogens is 278 g/mol. The fraction of sp³-hybridized carbons (Fsp3) is 0.786. The maximum absolute atomic E-state index is 11.9. The minimum absolute atomic E-state index is 0. The van der Waals surface area contributed by atoms with Crippen molar-refractivity contribution in [2.75, 3.05) is 27.2 Å². The highest BCUT2D eigenvalue weighted by Gasteiger charge is 2.19. The Kier molecular flexibility index (Phi) is 12.5. The third-order valence-electron chi connectivity index (χ3n) is 2.84. The Morgan fingerprint density at radius 3 is 2.19 bits per heavy atom. The highest BCUT2D eigenvalue weighted by Crippen LogP contribution is 2.06. The largest absolute Gasteiger partial charge is 0.481 e. The molecule has 0 spiro atoms. The average Bonchev–Trinajstić information content (AvgIpc) is 2.32. The van der Waals surface area contributed by atoms with Gasteiger partial charge in [-0.05, 0) is 33.4 Å². The van der Waals surface area contributed by atoms with Gasteiger partial charge in [0.25, 0.3) is 0 Å². The van der Waals surface area contributed by atoms with Gasteiger partial charge in [0.15, 0.2) is 0 Å². The zero-order valence-corrected chi connectivity index (χ0v) is 12.4. The van der Waals surface area contributed by atoms with E-state index in [0.717, 1.165) is 12.8 Å². The van der Waals surface area contributed by atoms with Crippen LogP contribution in [-0.2, 0) is 14.4 Å². The van der Waals surface area contributed by atoms with E-state index >= 15 is 0 Å². The summed E-state index contributed by atoms with van der Waals surface area (Å²) in [6.07, 6.45) is 2.22. The van der Waals surface area contributed by atoms with Crippen molar-refractivity contribution in [1.82, 2.24) is 15.5 Å². The summed E-state index contributed by atoms with van der Waals surface area (Å²) in [6.45, 7) is 2.22. The monoisotopic (exact) mass is 307 g/mol. The molecule has 124 valence electrons. The van der Waals surface area contributed by atoms with Crippen LogP contribution in [0.4, 0.5) is 0 Å². The smallest absolute Gasteiger partial charge is 0.305 e. The minimum Gasteiger partial charge on any atom is -0.481 e. The molecule has 0 radical (unpaired) electrons. The topological polar surface area (TPSA) is 98.7 Å². The molecular formula is C14H29N3O4. The van der Waals surface area contributed by atoms with Crippen molar-refractivity contribution in [3.05, 3.63) is 0 Å². The van der Waals surface area contributed by atoms with E-state index in [9.17, 15) is 14.4 Å². The van der Waals surface area contributed by atoms with Gasteiger partial charge >= 0.3 is 5.97 Å². The number of rotatable bonds is 10. The predicted molar refractivity (Wildman–Crippen MR) is 82.0 cm³/mol. The molecule has 0 aromatic heterocycles. The molecule has 0 saturated carbocycles. The molecule has 3 N–H and O–H groups in total. The number of carboxylic acid groups (broad SMARTS) is 1. The Hall–Kier alpha value is -1.63. The molecule has 7 heteroatoms. The number of amides is 2.